The molecule has 1 fully saturated rings. The summed E-state index contributed by atoms with van der Waals surface area (Å²) in [6.07, 6.45) is 1.51. The van der Waals surface area contributed by atoms with Crippen LogP contribution < -0.4 is 0 Å². The molecule has 1 unspecified atom stereocenters. The smallest absolute Gasteiger partial charge is 0.188 e. The molecule has 2 rings (SSSR count). The Balaban J connectivity index is 2.40. The van der Waals surface area contributed by atoms with Gasteiger partial charge in [0.1, 0.15) is 5.25 Å². The molecule has 1 aliphatic rings. The van der Waals surface area contributed by atoms with Crippen molar-refractivity contribution in [3.63, 3.8) is 0 Å². The van der Waals surface area contributed by atoms with Gasteiger partial charge in [0, 0.05) is 20.1 Å². The van der Waals surface area contributed by atoms with E-state index in [1.807, 2.05) is 6.92 Å². The first-order valence-corrected chi connectivity index (χ1v) is 8.27. The van der Waals surface area contributed by atoms with Crippen molar-refractivity contribution in [2.45, 2.75) is 36.3 Å². The minimum Gasteiger partial charge on any atom is -0.385 e. The van der Waals surface area contributed by atoms with Gasteiger partial charge in [-0.05, 0) is 30.4 Å². The maximum absolute atomic E-state index is 12.8. The molecule has 0 aliphatic heterocycles. The molecule has 1 saturated carbocycles. The number of rotatable bonds is 5. The summed E-state index contributed by atoms with van der Waals surface area (Å²) in [6, 6.07) is 8.23. The topological polar surface area (TPSA) is 60.4 Å². The number of hydrogen-bond acceptors (Lipinski definition) is 4. The standard InChI is InChI=1S/C15H20O4S/c1-15(10-11-19-2)9-8-13(16)14(15)20(17,18)12-6-4-3-5-7-12/h3-7,14H,8-11H2,1-2H3/t14?,15-/m1/s1. The quantitative estimate of drug-likeness (QED) is 0.836. The predicted molar refractivity (Wildman–Crippen MR) is 76.3 cm³/mol. The largest absolute Gasteiger partial charge is 0.385 e. The number of Topliss-reactive ketones (excluding diaryl/α,β-unsaturated/α-hetero) is 1. The second kappa shape index (κ2) is 5.66. The zero-order valence-corrected chi connectivity index (χ0v) is 12.7. The second-order valence-electron chi connectivity index (χ2n) is 5.60. The molecule has 4 nitrogen and oxygen atoms in total. The van der Waals surface area contributed by atoms with Crippen LogP contribution in [0.2, 0.25) is 0 Å². The van der Waals surface area contributed by atoms with Crippen LogP contribution in [0.4, 0.5) is 0 Å². The van der Waals surface area contributed by atoms with Gasteiger partial charge in [-0.3, -0.25) is 4.79 Å². The third-order valence-electron chi connectivity index (χ3n) is 4.13. The van der Waals surface area contributed by atoms with Crippen molar-refractivity contribution in [3.8, 4) is 0 Å². The molecular formula is C15H20O4S. The summed E-state index contributed by atoms with van der Waals surface area (Å²) in [5.41, 5.74) is -0.540. The summed E-state index contributed by atoms with van der Waals surface area (Å²) in [6.45, 7) is 2.34. The van der Waals surface area contributed by atoms with Gasteiger partial charge in [-0.25, -0.2) is 8.42 Å². The first-order chi connectivity index (χ1) is 9.42. The SMILES string of the molecule is COCC[C@@]1(C)CCC(=O)C1S(=O)(=O)c1ccccc1. The second-order valence-corrected chi connectivity index (χ2v) is 7.63. The first-order valence-electron chi connectivity index (χ1n) is 6.72. The molecule has 2 atom stereocenters. The molecule has 0 saturated heterocycles. The third-order valence-corrected chi connectivity index (χ3v) is 6.51. The van der Waals surface area contributed by atoms with Crippen molar-refractivity contribution in [1.29, 1.82) is 0 Å². The third kappa shape index (κ3) is 2.65. The van der Waals surface area contributed by atoms with Crippen LogP contribution in [0.25, 0.3) is 0 Å². The van der Waals surface area contributed by atoms with E-state index < -0.39 is 20.5 Å². The fourth-order valence-corrected chi connectivity index (χ4v) is 5.20. The van der Waals surface area contributed by atoms with E-state index >= 15 is 0 Å². The summed E-state index contributed by atoms with van der Waals surface area (Å²) in [5.74, 6) is -0.174. The number of methoxy groups -OCH3 is 1. The van der Waals surface area contributed by atoms with E-state index in [-0.39, 0.29) is 10.7 Å². The van der Waals surface area contributed by atoms with Gasteiger partial charge in [-0.2, -0.15) is 0 Å². The van der Waals surface area contributed by atoms with E-state index in [1.54, 1.807) is 37.4 Å². The van der Waals surface area contributed by atoms with Crippen LogP contribution in [0.15, 0.2) is 35.2 Å². The molecule has 20 heavy (non-hydrogen) atoms. The van der Waals surface area contributed by atoms with E-state index in [0.717, 1.165) is 0 Å². The Morgan fingerprint density at radius 2 is 1.95 bits per heavy atom. The van der Waals surface area contributed by atoms with Crippen LogP contribution in [0.1, 0.15) is 26.2 Å². The minimum atomic E-state index is -3.63. The van der Waals surface area contributed by atoms with Gasteiger partial charge in [0.15, 0.2) is 15.6 Å². The zero-order valence-electron chi connectivity index (χ0n) is 11.8. The number of carbonyl (C=O) groups is 1. The average molecular weight is 296 g/mol. The van der Waals surface area contributed by atoms with Crippen LogP contribution in [0.5, 0.6) is 0 Å². The molecule has 1 aromatic carbocycles. The molecule has 0 radical (unpaired) electrons. The van der Waals surface area contributed by atoms with Crippen molar-refractivity contribution in [1.82, 2.24) is 0 Å². The Morgan fingerprint density at radius 1 is 1.30 bits per heavy atom. The van der Waals surface area contributed by atoms with Gasteiger partial charge in [-0.15, -0.1) is 0 Å². The molecule has 110 valence electrons. The fourth-order valence-electron chi connectivity index (χ4n) is 2.94. The Labute approximate surface area is 120 Å². The van der Waals surface area contributed by atoms with Crippen molar-refractivity contribution in [2.24, 2.45) is 5.41 Å². The molecule has 0 aromatic heterocycles. The van der Waals surface area contributed by atoms with Gasteiger partial charge < -0.3 is 4.74 Å². The summed E-state index contributed by atoms with van der Waals surface area (Å²) in [4.78, 5) is 12.4. The van der Waals surface area contributed by atoms with Crippen molar-refractivity contribution in [2.75, 3.05) is 13.7 Å². The van der Waals surface area contributed by atoms with E-state index in [1.165, 1.54) is 0 Å². The number of hydrogen-bond donors (Lipinski definition) is 0. The van der Waals surface area contributed by atoms with Crippen molar-refractivity contribution < 1.29 is 17.9 Å². The number of benzene rings is 1. The fraction of sp³-hybridized carbons (Fsp3) is 0.533. The number of carbonyl (C=O) groups excluding carboxylic acids is 1. The normalized spacial score (nSPS) is 26.9. The Hall–Kier alpha value is -1.20. The summed E-state index contributed by atoms with van der Waals surface area (Å²) >= 11 is 0. The Bertz CT molecular complexity index is 579. The van der Waals surface area contributed by atoms with Gasteiger partial charge in [0.25, 0.3) is 0 Å². The van der Waals surface area contributed by atoms with E-state index in [4.69, 9.17) is 4.74 Å². The molecular weight excluding hydrogens is 276 g/mol. The van der Waals surface area contributed by atoms with Gasteiger partial charge in [-0.1, -0.05) is 25.1 Å². The van der Waals surface area contributed by atoms with Crippen LogP contribution in [0, 0.1) is 5.41 Å². The highest BCUT2D eigenvalue weighted by Crippen LogP contribution is 2.44. The van der Waals surface area contributed by atoms with Crippen molar-refractivity contribution >= 4 is 15.6 Å². The van der Waals surface area contributed by atoms with E-state index in [9.17, 15) is 13.2 Å². The molecule has 0 spiro atoms. The summed E-state index contributed by atoms with van der Waals surface area (Å²) < 4.78 is 30.6. The summed E-state index contributed by atoms with van der Waals surface area (Å²) in [7, 11) is -2.05. The van der Waals surface area contributed by atoms with Crippen LogP contribution >= 0.6 is 0 Å². The molecule has 0 N–H and O–H groups in total. The maximum atomic E-state index is 12.8. The number of ether oxygens (including phenoxy) is 1. The Morgan fingerprint density at radius 3 is 2.55 bits per heavy atom. The van der Waals surface area contributed by atoms with Gasteiger partial charge in [0.2, 0.25) is 0 Å². The van der Waals surface area contributed by atoms with E-state index in [2.05, 4.69) is 0 Å². The predicted octanol–water partition coefficient (Wildman–Crippen LogP) is 2.23. The molecule has 0 amide bonds. The van der Waals surface area contributed by atoms with Crippen molar-refractivity contribution in [3.05, 3.63) is 30.3 Å². The lowest BCUT2D eigenvalue weighted by atomic mass is 9.85. The lowest BCUT2D eigenvalue weighted by Crippen LogP contribution is -2.39. The lowest BCUT2D eigenvalue weighted by molar-refractivity contribution is -0.117. The molecule has 0 heterocycles. The highest BCUT2D eigenvalue weighted by Gasteiger charge is 2.51. The summed E-state index contributed by atoms with van der Waals surface area (Å²) in [5, 5.41) is -0.951. The van der Waals surface area contributed by atoms with Crippen LogP contribution in [-0.4, -0.2) is 33.2 Å². The molecule has 5 heteroatoms. The number of sulfone groups is 1. The lowest BCUT2D eigenvalue weighted by Gasteiger charge is -2.29. The highest BCUT2D eigenvalue weighted by molar-refractivity contribution is 7.92. The zero-order chi connectivity index (χ0) is 14.8. The maximum Gasteiger partial charge on any atom is 0.188 e. The molecule has 1 aromatic rings. The van der Waals surface area contributed by atoms with Gasteiger partial charge in [0.05, 0.1) is 4.90 Å². The Kier molecular flexibility index (Phi) is 4.30. The monoisotopic (exact) mass is 296 g/mol. The van der Waals surface area contributed by atoms with E-state index in [0.29, 0.717) is 25.9 Å². The van der Waals surface area contributed by atoms with Gasteiger partial charge >= 0.3 is 0 Å². The average Bonchev–Trinajstić information content (AvgIpc) is 2.74. The number of ketones is 1. The molecule has 0 bridgehead atoms. The first kappa shape index (κ1) is 15.2. The minimum absolute atomic E-state index is 0.174. The van der Waals surface area contributed by atoms with Crippen LogP contribution in [-0.2, 0) is 19.4 Å². The molecule has 1 aliphatic carbocycles. The van der Waals surface area contributed by atoms with Crippen LogP contribution in [0.3, 0.4) is 0 Å². The highest BCUT2D eigenvalue weighted by atomic mass is 32.2.